The lowest BCUT2D eigenvalue weighted by Gasteiger charge is -2.36. The predicted molar refractivity (Wildman–Crippen MR) is 70.1 cm³/mol. The smallest absolute Gasteiger partial charge is 0.192 e. The minimum Gasteiger partial charge on any atom is -0.507 e. The fourth-order valence-electron chi connectivity index (χ4n) is 1.16. The highest BCUT2D eigenvalue weighted by molar-refractivity contribution is 6.74. The molecule has 0 radical (unpaired) electrons. The van der Waals surface area contributed by atoms with Crippen molar-refractivity contribution in [1.82, 2.24) is 0 Å². The van der Waals surface area contributed by atoms with Gasteiger partial charge in [-0.05, 0) is 30.3 Å². The Balaban J connectivity index is 2.81. The molecule has 0 amide bonds. The molecule has 1 rings (SSSR count). The van der Waals surface area contributed by atoms with E-state index < -0.39 is 14.1 Å². The van der Waals surface area contributed by atoms with E-state index >= 15 is 0 Å². The van der Waals surface area contributed by atoms with Crippen LogP contribution in [-0.2, 0) is 11.0 Å². The van der Waals surface area contributed by atoms with Gasteiger partial charge in [-0.1, -0.05) is 26.8 Å². The summed E-state index contributed by atoms with van der Waals surface area (Å²) in [5.41, 5.74) is 0.248. The molecule has 2 nitrogen and oxygen atoms in total. The van der Waals surface area contributed by atoms with E-state index in [-0.39, 0.29) is 23.0 Å². The van der Waals surface area contributed by atoms with Gasteiger partial charge in [0, 0.05) is 0 Å². The van der Waals surface area contributed by atoms with Crippen molar-refractivity contribution < 1.29 is 13.9 Å². The number of phenols is 1. The highest BCUT2D eigenvalue weighted by Crippen LogP contribution is 2.37. The summed E-state index contributed by atoms with van der Waals surface area (Å²) in [5.74, 6) is -0.451. The number of aromatic hydroxyl groups is 1. The first-order chi connectivity index (χ1) is 7.65. The van der Waals surface area contributed by atoms with Gasteiger partial charge in [-0.3, -0.25) is 0 Å². The van der Waals surface area contributed by atoms with Crippen LogP contribution in [0, 0.1) is 5.82 Å². The number of halogens is 1. The lowest BCUT2D eigenvalue weighted by Crippen LogP contribution is -2.40. The summed E-state index contributed by atoms with van der Waals surface area (Å²) in [7, 11) is -1.91. The molecule has 0 fully saturated rings. The first-order valence-corrected chi connectivity index (χ1v) is 8.66. The summed E-state index contributed by atoms with van der Waals surface area (Å²) in [4.78, 5) is 0. The average Bonchev–Trinajstić information content (AvgIpc) is 2.15. The Labute approximate surface area is 104 Å². The van der Waals surface area contributed by atoms with E-state index in [0.717, 1.165) is 0 Å². The van der Waals surface area contributed by atoms with Crippen LogP contribution in [0.5, 0.6) is 5.75 Å². The van der Waals surface area contributed by atoms with Crippen molar-refractivity contribution in [3.63, 3.8) is 0 Å². The van der Waals surface area contributed by atoms with E-state index in [1.165, 1.54) is 18.2 Å². The molecule has 0 bridgehead atoms. The van der Waals surface area contributed by atoms with E-state index in [0.29, 0.717) is 0 Å². The van der Waals surface area contributed by atoms with Crippen LogP contribution in [0.1, 0.15) is 26.3 Å². The quantitative estimate of drug-likeness (QED) is 0.827. The molecule has 0 saturated carbocycles. The van der Waals surface area contributed by atoms with Gasteiger partial charge in [0.15, 0.2) is 8.32 Å². The molecule has 0 unspecified atom stereocenters. The average molecular weight is 256 g/mol. The van der Waals surface area contributed by atoms with Gasteiger partial charge in [-0.2, -0.15) is 0 Å². The van der Waals surface area contributed by atoms with Gasteiger partial charge in [0.1, 0.15) is 11.6 Å². The molecule has 0 aromatic heterocycles. The maximum atomic E-state index is 13.5. The highest BCUT2D eigenvalue weighted by atomic mass is 28.4. The maximum Gasteiger partial charge on any atom is 0.192 e. The molecule has 96 valence electrons. The van der Waals surface area contributed by atoms with Crippen LogP contribution in [-0.4, -0.2) is 13.4 Å². The topological polar surface area (TPSA) is 29.5 Å². The van der Waals surface area contributed by atoms with Crippen LogP contribution >= 0.6 is 0 Å². The zero-order valence-corrected chi connectivity index (χ0v) is 12.2. The monoisotopic (exact) mass is 256 g/mol. The van der Waals surface area contributed by atoms with Crippen molar-refractivity contribution in [3.8, 4) is 5.75 Å². The van der Waals surface area contributed by atoms with E-state index in [4.69, 9.17) is 4.43 Å². The van der Waals surface area contributed by atoms with Crippen LogP contribution in [0.15, 0.2) is 18.2 Å². The van der Waals surface area contributed by atoms with E-state index in [9.17, 15) is 9.50 Å². The Morgan fingerprint density at radius 1 is 1.29 bits per heavy atom. The third-order valence-electron chi connectivity index (χ3n) is 3.48. The fraction of sp³-hybridized carbons (Fsp3) is 0.538. The largest absolute Gasteiger partial charge is 0.507 e. The summed E-state index contributed by atoms with van der Waals surface area (Å²) in [5, 5.41) is 9.66. The maximum absolute atomic E-state index is 13.5. The molecule has 17 heavy (non-hydrogen) atoms. The van der Waals surface area contributed by atoms with Gasteiger partial charge in [0.25, 0.3) is 0 Å². The third kappa shape index (κ3) is 3.29. The zero-order valence-electron chi connectivity index (χ0n) is 11.2. The number of hydrogen-bond donors (Lipinski definition) is 1. The van der Waals surface area contributed by atoms with E-state index in [1.807, 2.05) is 0 Å². The Kier molecular flexibility index (Phi) is 3.99. The molecule has 4 heteroatoms. The normalized spacial score (nSPS) is 12.8. The minimum atomic E-state index is -1.91. The van der Waals surface area contributed by atoms with E-state index in [2.05, 4.69) is 33.9 Å². The fourth-order valence-corrected chi connectivity index (χ4v) is 2.10. The Morgan fingerprint density at radius 2 is 1.88 bits per heavy atom. The molecule has 1 aromatic rings. The number of rotatable bonds is 3. The summed E-state index contributed by atoms with van der Waals surface area (Å²) in [6.45, 7) is 10.7. The van der Waals surface area contributed by atoms with Gasteiger partial charge >= 0.3 is 0 Å². The second-order valence-corrected chi connectivity index (χ2v) is 10.6. The van der Waals surface area contributed by atoms with Gasteiger partial charge < -0.3 is 9.53 Å². The van der Waals surface area contributed by atoms with E-state index in [1.54, 1.807) is 0 Å². The summed E-state index contributed by atoms with van der Waals surface area (Å²) in [6, 6.07) is 4.30. The third-order valence-corrected chi connectivity index (χ3v) is 7.96. The van der Waals surface area contributed by atoms with Crippen LogP contribution in [0.3, 0.4) is 0 Å². The predicted octanol–water partition coefficient (Wildman–Crippen LogP) is 4.05. The standard InChI is InChI=1S/C13H21FO2Si/c1-13(2,3)17(4,5)16-9-10-11(14)7-6-8-12(10)15/h6-8,15H,9H2,1-5H3. The lowest BCUT2D eigenvalue weighted by molar-refractivity contribution is 0.265. The molecule has 0 atom stereocenters. The van der Waals surface area contributed by atoms with Crippen molar-refractivity contribution in [2.45, 2.75) is 45.5 Å². The van der Waals surface area contributed by atoms with Crippen molar-refractivity contribution in [2.24, 2.45) is 0 Å². The summed E-state index contributed by atoms with van der Waals surface area (Å²) < 4.78 is 19.4. The second-order valence-electron chi connectivity index (χ2n) is 5.79. The second kappa shape index (κ2) is 4.78. The molecule has 0 heterocycles. The molecule has 0 aliphatic rings. The molecule has 1 N–H and O–H groups in total. The molecule has 0 aliphatic carbocycles. The minimum absolute atomic E-state index is 0.0382. The SMILES string of the molecule is CC(C)(C)[Si](C)(C)OCc1c(O)cccc1F. The van der Waals surface area contributed by atoms with Crippen LogP contribution in [0.25, 0.3) is 0 Å². The van der Waals surface area contributed by atoms with Crippen LogP contribution in [0.4, 0.5) is 4.39 Å². The van der Waals surface area contributed by atoms with Gasteiger partial charge in [0.05, 0.1) is 12.2 Å². The van der Waals surface area contributed by atoms with Gasteiger partial charge in [-0.15, -0.1) is 0 Å². The zero-order chi connectivity index (χ0) is 13.3. The first kappa shape index (κ1) is 14.2. The molecule has 0 spiro atoms. The van der Waals surface area contributed by atoms with Crippen molar-refractivity contribution in [2.75, 3.05) is 0 Å². The number of phenolic OH excluding ortho intramolecular Hbond substituents is 1. The molecule has 0 saturated heterocycles. The van der Waals surface area contributed by atoms with Crippen molar-refractivity contribution in [3.05, 3.63) is 29.6 Å². The summed E-state index contributed by atoms with van der Waals surface area (Å²) in [6.07, 6.45) is 0. The van der Waals surface area contributed by atoms with Gasteiger partial charge in [0.2, 0.25) is 0 Å². The molecule has 0 aliphatic heterocycles. The molecular weight excluding hydrogens is 235 g/mol. The van der Waals surface area contributed by atoms with Crippen molar-refractivity contribution >= 4 is 8.32 Å². The highest BCUT2D eigenvalue weighted by Gasteiger charge is 2.37. The van der Waals surface area contributed by atoms with Crippen molar-refractivity contribution in [1.29, 1.82) is 0 Å². The van der Waals surface area contributed by atoms with Crippen LogP contribution < -0.4 is 0 Å². The first-order valence-electron chi connectivity index (χ1n) is 5.75. The van der Waals surface area contributed by atoms with Crippen LogP contribution in [0.2, 0.25) is 18.1 Å². The Morgan fingerprint density at radius 3 is 2.35 bits per heavy atom. The Hall–Kier alpha value is -0.873. The molecular formula is C13H21FO2Si. The van der Waals surface area contributed by atoms with Gasteiger partial charge in [-0.25, -0.2) is 4.39 Å². The summed E-state index contributed by atoms with van der Waals surface area (Å²) >= 11 is 0. The number of benzene rings is 1. The lowest BCUT2D eigenvalue weighted by atomic mass is 10.2. The number of hydrogen-bond acceptors (Lipinski definition) is 2. The Bertz CT molecular complexity index is 377. The molecule has 1 aromatic carbocycles.